The zero-order valence-corrected chi connectivity index (χ0v) is 9.07. The summed E-state index contributed by atoms with van der Waals surface area (Å²) in [4.78, 5) is 7.52. The first-order valence-corrected chi connectivity index (χ1v) is 4.96. The van der Waals surface area contributed by atoms with Crippen LogP contribution in [0, 0.1) is 0 Å². The predicted octanol–water partition coefficient (Wildman–Crippen LogP) is 2.82. The summed E-state index contributed by atoms with van der Waals surface area (Å²) in [5.74, 6) is 0.268. The molecule has 0 radical (unpaired) electrons. The first-order chi connectivity index (χ1) is 8.47. The molecule has 0 aliphatic carbocycles. The van der Waals surface area contributed by atoms with Crippen molar-refractivity contribution in [3.63, 3.8) is 0 Å². The largest absolute Gasteiger partial charge is 0.416 e. The molecule has 0 atom stereocenters. The highest BCUT2D eigenvalue weighted by Crippen LogP contribution is 2.31. The Morgan fingerprint density at radius 2 is 2.00 bits per heavy atom. The van der Waals surface area contributed by atoms with Crippen LogP contribution in [0.15, 0.2) is 36.8 Å². The second kappa shape index (κ2) is 4.52. The third-order valence-electron chi connectivity index (χ3n) is 2.19. The minimum Gasteiger partial charge on any atom is -0.394 e. The number of anilines is 3. The minimum atomic E-state index is -4.38. The van der Waals surface area contributed by atoms with Gasteiger partial charge in [0.15, 0.2) is 5.82 Å². The van der Waals surface area contributed by atoms with Crippen molar-refractivity contribution in [1.82, 2.24) is 9.97 Å². The highest BCUT2D eigenvalue weighted by atomic mass is 19.4. The van der Waals surface area contributed by atoms with E-state index in [0.29, 0.717) is 0 Å². The molecule has 7 heteroatoms. The van der Waals surface area contributed by atoms with Crippen molar-refractivity contribution in [3.8, 4) is 0 Å². The summed E-state index contributed by atoms with van der Waals surface area (Å²) >= 11 is 0. The molecule has 0 aliphatic heterocycles. The molecule has 1 heterocycles. The lowest BCUT2D eigenvalue weighted by Crippen LogP contribution is -2.06. The van der Waals surface area contributed by atoms with Gasteiger partial charge in [-0.1, -0.05) is 6.07 Å². The van der Waals surface area contributed by atoms with Gasteiger partial charge in [-0.3, -0.25) is 0 Å². The van der Waals surface area contributed by atoms with Crippen LogP contribution in [-0.4, -0.2) is 9.97 Å². The van der Waals surface area contributed by atoms with Gasteiger partial charge in [0.05, 0.1) is 17.4 Å². The topological polar surface area (TPSA) is 63.8 Å². The summed E-state index contributed by atoms with van der Waals surface area (Å²) in [5.41, 5.74) is 5.37. The fourth-order valence-electron chi connectivity index (χ4n) is 1.35. The van der Waals surface area contributed by atoms with Gasteiger partial charge in [0, 0.05) is 5.69 Å². The summed E-state index contributed by atoms with van der Waals surface area (Å²) in [6.45, 7) is 0. The average molecular weight is 254 g/mol. The number of nitrogens with one attached hydrogen (secondary N) is 1. The van der Waals surface area contributed by atoms with Crippen LogP contribution in [0.3, 0.4) is 0 Å². The zero-order valence-electron chi connectivity index (χ0n) is 9.07. The van der Waals surface area contributed by atoms with E-state index < -0.39 is 11.7 Å². The van der Waals surface area contributed by atoms with Crippen molar-refractivity contribution in [2.45, 2.75) is 6.18 Å². The number of hydrogen-bond acceptors (Lipinski definition) is 4. The zero-order chi connectivity index (χ0) is 13.2. The standard InChI is InChI=1S/C11H9F3N4/c12-11(13,14)7-2-1-3-8(4-7)18-10-9(15)5-16-6-17-10/h1-6H,15H2,(H,16,17,18). The molecule has 18 heavy (non-hydrogen) atoms. The Balaban J connectivity index is 2.28. The van der Waals surface area contributed by atoms with E-state index in [1.807, 2.05) is 0 Å². The first kappa shape index (κ1) is 12.2. The predicted molar refractivity (Wildman–Crippen MR) is 61.2 cm³/mol. The lowest BCUT2D eigenvalue weighted by Gasteiger charge is -2.10. The van der Waals surface area contributed by atoms with Crippen LogP contribution in [-0.2, 0) is 6.18 Å². The Morgan fingerprint density at radius 1 is 1.22 bits per heavy atom. The van der Waals surface area contributed by atoms with E-state index in [0.717, 1.165) is 12.1 Å². The molecule has 94 valence electrons. The van der Waals surface area contributed by atoms with Gasteiger partial charge in [-0.25, -0.2) is 9.97 Å². The molecule has 0 fully saturated rings. The van der Waals surface area contributed by atoms with Gasteiger partial charge in [-0.15, -0.1) is 0 Å². The normalized spacial score (nSPS) is 11.3. The van der Waals surface area contributed by atoms with Crippen molar-refractivity contribution in [2.24, 2.45) is 0 Å². The number of rotatable bonds is 2. The molecule has 0 saturated carbocycles. The summed E-state index contributed by atoms with van der Waals surface area (Å²) in [6, 6.07) is 4.79. The maximum atomic E-state index is 12.5. The quantitative estimate of drug-likeness (QED) is 0.864. The first-order valence-electron chi connectivity index (χ1n) is 4.96. The third kappa shape index (κ3) is 2.68. The maximum absolute atomic E-state index is 12.5. The van der Waals surface area contributed by atoms with Gasteiger partial charge in [0.1, 0.15) is 6.33 Å². The number of benzene rings is 1. The SMILES string of the molecule is Nc1cncnc1Nc1cccc(C(F)(F)F)c1. The van der Waals surface area contributed by atoms with Crippen LogP contribution in [0.4, 0.5) is 30.4 Å². The average Bonchev–Trinajstić information content (AvgIpc) is 2.31. The molecule has 0 saturated heterocycles. The Labute approximate surface area is 101 Å². The van der Waals surface area contributed by atoms with E-state index in [9.17, 15) is 13.2 Å². The number of nitrogens with two attached hydrogens (primary N) is 1. The maximum Gasteiger partial charge on any atom is 0.416 e. The molecule has 2 aromatic rings. The molecule has 0 amide bonds. The molecule has 0 unspecified atom stereocenters. The molecule has 2 rings (SSSR count). The lowest BCUT2D eigenvalue weighted by molar-refractivity contribution is -0.137. The molecule has 0 aliphatic rings. The Bertz CT molecular complexity index is 554. The Morgan fingerprint density at radius 3 is 2.67 bits per heavy atom. The van der Waals surface area contributed by atoms with Crippen molar-refractivity contribution >= 4 is 17.2 Å². The van der Waals surface area contributed by atoms with Crippen LogP contribution in [0.5, 0.6) is 0 Å². The van der Waals surface area contributed by atoms with Crippen molar-refractivity contribution < 1.29 is 13.2 Å². The van der Waals surface area contributed by atoms with Gasteiger partial charge in [-0.05, 0) is 18.2 Å². The summed E-state index contributed by atoms with van der Waals surface area (Å²) in [5, 5.41) is 2.71. The van der Waals surface area contributed by atoms with Crippen LogP contribution < -0.4 is 11.1 Å². The summed E-state index contributed by atoms with van der Waals surface area (Å²) in [6.07, 6.45) is -1.76. The second-order valence-electron chi connectivity index (χ2n) is 3.53. The minimum absolute atomic E-state index is 0.259. The fourth-order valence-corrected chi connectivity index (χ4v) is 1.35. The van der Waals surface area contributed by atoms with Gasteiger partial charge < -0.3 is 11.1 Å². The molecular weight excluding hydrogens is 245 g/mol. The molecule has 0 spiro atoms. The smallest absolute Gasteiger partial charge is 0.394 e. The number of hydrogen-bond donors (Lipinski definition) is 2. The monoisotopic (exact) mass is 254 g/mol. The summed E-state index contributed by atoms with van der Waals surface area (Å²) in [7, 11) is 0. The number of alkyl halides is 3. The van der Waals surface area contributed by atoms with Crippen molar-refractivity contribution in [2.75, 3.05) is 11.1 Å². The fraction of sp³-hybridized carbons (Fsp3) is 0.0909. The number of aromatic nitrogens is 2. The van der Waals surface area contributed by atoms with Gasteiger partial charge in [-0.2, -0.15) is 13.2 Å². The second-order valence-corrected chi connectivity index (χ2v) is 3.53. The van der Waals surface area contributed by atoms with E-state index in [-0.39, 0.29) is 17.2 Å². The lowest BCUT2D eigenvalue weighted by atomic mass is 10.2. The van der Waals surface area contributed by atoms with Gasteiger partial charge >= 0.3 is 6.18 Å². The van der Waals surface area contributed by atoms with Crippen LogP contribution in [0.25, 0.3) is 0 Å². The molecule has 1 aromatic heterocycles. The number of halogens is 3. The van der Waals surface area contributed by atoms with Gasteiger partial charge in [0.2, 0.25) is 0 Å². The van der Waals surface area contributed by atoms with E-state index in [1.54, 1.807) is 0 Å². The highest BCUT2D eigenvalue weighted by Gasteiger charge is 2.30. The summed E-state index contributed by atoms with van der Waals surface area (Å²) < 4.78 is 37.5. The van der Waals surface area contributed by atoms with Crippen LogP contribution in [0.2, 0.25) is 0 Å². The molecular formula is C11H9F3N4. The van der Waals surface area contributed by atoms with Crippen LogP contribution >= 0.6 is 0 Å². The van der Waals surface area contributed by atoms with E-state index in [2.05, 4.69) is 15.3 Å². The van der Waals surface area contributed by atoms with Crippen molar-refractivity contribution in [3.05, 3.63) is 42.4 Å². The Kier molecular flexibility index (Phi) is 3.05. The van der Waals surface area contributed by atoms with E-state index in [4.69, 9.17) is 5.73 Å². The molecule has 0 bridgehead atoms. The van der Waals surface area contributed by atoms with E-state index >= 15 is 0 Å². The highest BCUT2D eigenvalue weighted by molar-refractivity contribution is 5.67. The van der Waals surface area contributed by atoms with E-state index in [1.165, 1.54) is 24.7 Å². The number of nitrogen functional groups attached to an aromatic ring is 1. The molecule has 1 aromatic carbocycles. The van der Waals surface area contributed by atoms with Crippen molar-refractivity contribution in [1.29, 1.82) is 0 Å². The third-order valence-corrected chi connectivity index (χ3v) is 2.19. The van der Waals surface area contributed by atoms with Crippen LogP contribution in [0.1, 0.15) is 5.56 Å². The Hall–Kier alpha value is -2.31. The van der Waals surface area contributed by atoms with Gasteiger partial charge in [0.25, 0.3) is 0 Å². The number of nitrogens with zero attached hydrogens (tertiary/aromatic N) is 2. The molecule has 3 N–H and O–H groups in total. The molecule has 4 nitrogen and oxygen atoms in total.